The fraction of sp³-hybridized carbons (Fsp3) is 0.467. The van der Waals surface area contributed by atoms with E-state index >= 15 is 0 Å². The van der Waals surface area contributed by atoms with E-state index < -0.39 is 18.1 Å². The number of nitrogens with one attached hydrogen (secondary N) is 1. The molecule has 0 spiro atoms. The summed E-state index contributed by atoms with van der Waals surface area (Å²) in [6, 6.07) is 6.93. The van der Waals surface area contributed by atoms with E-state index in [9.17, 15) is 8.42 Å². The molecule has 0 aliphatic carbocycles. The van der Waals surface area contributed by atoms with Crippen molar-refractivity contribution in [3.8, 4) is 0 Å². The van der Waals surface area contributed by atoms with Gasteiger partial charge in [0.1, 0.15) is 0 Å². The molecular weight excluding hydrogens is 286 g/mol. The Labute approximate surface area is 124 Å². The number of benzene rings is 1. The van der Waals surface area contributed by atoms with Gasteiger partial charge in [0, 0.05) is 5.67 Å². The summed E-state index contributed by atoms with van der Waals surface area (Å²) in [7, 11) is -5.16. The van der Waals surface area contributed by atoms with Crippen LogP contribution in [0.4, 0.5) is 0 Å². The van der Waals surface area contributed by atoms with Gasteiger partial charge in [-0.1, -0.05) is 50.3 Å². The first-order valence-electron chi connectivity index (χ1n) is 6.79. The van der Waals surface area contributed by atoms with Crippen molar-refractivity contribution in [2.45, 2.75) is 44.0 Å². The van der Waals surface area contributed by atoms with Crippen molar-refractivity contribution in [1.82, 2.24) is 4.72 Å². The zero-order chi connectivity index (χ0) is 15.6. The third kappa shape index (κ3) is 4.29. The van der Waals surface area contributed by atoms with Gasteiger partial charge in [0.25, 0.3) is 0 Å². The van der Waals surface area contributed by atoms with Gasteiger partial charge >= 0.3 is 0 Å². The summed E-state index contributed by atoms with van der Waals surface area (Å²) in [5, 5.41) is 0. The summed E-state index contributed by atoms with van der Waals surface area (Å²) in [6.45, 7) is 14.2. The molecule has 112 valence electrons. The van der Waals surface area contributed by atoms with Gasteiger partial charge in [-0.25, -0.2) is 13.1 Å². The quantitative estimate of drug-likeness (QED) is 0.647. The Morgan fingerprint density at radius 2 is 1.70 bits per heavy atom. The average Bonchev–Trinajstić information content (AvgIpc) is 2.34. The smallest absolute Gasteiger partial charge is 0.210 e. The Balaban J connectivity index is 3.09. The van der Waals surface area contributed by atoms with E-state index in [0.717, 1.165) is 5.56 Å². The molecule has 0 saturated carbocycles. The lowest BCUT2D eigenvalue weighted by atomic mass is 10.2. The fourth-order valence-electron chi connectivity index (χ4n) is 2.16. The molecule has 1 aromatic rings. The predicted octanol–water partition coefficient (Wildman–Crippen LogP) is 3.34. The van der Waals surface area contributed by atoms with Crippen LogP contribution in [0.25, 0.3) is 0 Å². The molecule has 1 rings (SSSR count). The zero-order valence-electron chi connectivity index (χ0n) is 13.0. The molecule has 0 radical (unpaired) electrons. The predicted molar refractivity (Wildman–Crippen MR) is 88.0 cm³/mol. The lowest BCUT2D eigenvalue weighted by Crippen LogP contribution is -2.54. The molecule has 3 nitrogen and oxygen atoms in total. The van der Waals surface area contributed by atoms with E-state index in [1.54, 1.807) is 12.1 Å². The molecule has 0 unspecified atom stereocenters. The highest BCUT2D eigenvalue weighted by Crippen LogP contribution is 2.20. The molecule has 0 aliphatic rings. The maximum Gasteiger partial charge on any atom is 0.240 e. The van der Waals surface area contributed by atoms with Crippen molar-refractivity contribution in [1.29, 1.82) is 0 Å². The van der Waals surface area contributed by atoms with Gasteiger partial charge in [-0.05, 0) is 25.0 Å². The second kappa shape index (κ2) is 6.24. The van der Waals surface area contributed by atoms with Crippen LogP contribution in [0.15, 0.2) is 41.8 Å². The van der Waals surface area contributed by atoms with Crippen LogP contribution < -0.4 is 4.72 Å². The molecular formula is C15H25NO2SSi. The summed E-state index contributed by atoms with van der Waals surface area (Å²) >= 11 is 0. The highest BCUT2D eigenvalue weighted by atomic mass is 32.2. The normalized spacial score (nSPS) is 15.7. The van der Waals surface area contributed by atoms with Crippen molar-refractivity contribution in [2.75, 3.05) is 0 Å². The molecule has 0 aromatic heterocycles. The van der Waals surface area contributed by atoms with Crippen LogP contribution in [0, 0.1) is 12.8 Å². The van der Waals surface area contributed by atoms with E-state index in [-0.39, 0.29) is 11.6 Å². The van der Waals surface area contributed by atoms with Crippen molar-refractivity contribution in [2.24, 2.45) is 5.92 Å². The summed E-state index contributed by atoms with van der Waals surface area (Å²) in [5.41, 5.74) is 0.983. The molecule has 1 aromatic carbocycles. The Kier molecular flexibility index (Phi) is 5.35. The standard InChI is InChI=1S/C15H25NO2SSi/c1-7-13(3)15(20(4,5)6)16-19(17,18)14-10-8-12(2)9-11-14/h7-11,13,15-16H,1H2,2-6H3/t13-,15+/m0/s1. The first-order valence-corrected chi connectivity index (χ1v) is 11.9. The minimum absolute atomic E-state index is 0.0636. The lowest BCUT2D eigenvalue weighted by Gasteiger charge is -2.33. The molecule has 2 atom stereocenters. The van der Waals surface area contributed by atoms with Crippen molar-refractivity contribution < 1.29 is 8.42 Å². The minimum atomic E-state index is -3.48. The molecule has 0 fully saturated rings. The topological polar surface area (TPSA) is 46.2 Å². The Morgan fingerprint density at radius 1 is 1.20 bits per heavy atom. The SMILES string of the molecule is C=C[C@H](C)[C@H](NS(=O)(=O)c1ccc(C)cc1)[Si](C)(C)C. The largest absolute Gasteiger partial charge is 0.240 e. The summed E-state index contributed by atoms with van der Waals surface area (Å²) in [6.07, 6.45) is 1.82. The lowest BCUT2D eigenvalue weighted by molar-refractivity contribution is 0.550. The summed E-state index contributed by atoms with van der Waals surface area (Å²) in [5.74, 6) is 0.113. The second-order valence-electron chi connectivity index (χ2n) is 6.37. The van der Waals surface area contributed by atoms with E-state index in [4.69, 9.17) is 0 Å². The van der Waals surface area contributed by atoms with Crippen LogP contribution in [-0.4, -0.2) is 22.2 Å². The molecule has 0 saturated heterocycles. The van der Waals surface area contributed by atoms with Gasteiger partial charge in [0.15, 0.2) is 0 Å². The number of sulfonamides is 1. The molecule has 20 heavy (non-hydrogen) atoms. The zero-order valence-corrected chi connectivity index (χ0v) is 14.8. The van der Waals surface area contributed by atoms with Crippen molar-refractivity contribution in [3.05, 3.63) is 42.5 Å². The van der Waals surface area contributed by atoms with Crippen LogP contribution >= 0.6 is 0 Å². The highest BCUT2D eigenvalue weighted by Gasteiger charge is 2.33. The molecule has 1 N–H and O–H groups in total. The average molecular weight is 312 g/mol. The van der Waals surface area contributed by atoms with E-state index in [1.165, 1.54) is 0 Å². The van der Waals surface area contributed by atoms with Crippen LogP contribution in [0.2, 0.25) is 19.6 Å². The molecule has 0 bridgehead atoms. The van der Waals surface area contributed by atoms with Gasteiger partial charge in [0.2, 0.25) is 10.0 Å². The van der Waals surface area contributed by atoms with Crippen molar-refractivity contribution in [3.63, 3.8) is 0 Å². The number of rotatable bonds is 6. The van der Waals surface area contributed by atoms with Crippen LogP contribution in [0.5, 0.6) is 0 Å². The van der Waals surface area contributed by atoms with Gasteiger partial charge < -0.3 is 0 Å². The monoisotopic (exact) mass is 311 g/mol. The number of aryl methyl sites for hydroxylation is 1. The van der Waals surface area contributed by atoms with Gasteiger partial charge in [-0.2, -0.15) is 0 Å². The van der Waals surface area contributed by atoms with Crippen LogP contribution in [0.3, 0.4) is 0 Å². The number of hydrogen-bond acceptors (Lipinski definition) is 2. The maximum absolute atomic E-state index is 12.5. The van der Waals surface area contributed by atoms with Gasteiger partial charge in [-0.3, -0.25) is 0 Å². The minimum Gasteiger partial charge on any atom is -0.210 e. The fourth-order valence-corrected chi connectivity index (χ4v) is 6.93. The third-order valence-corrected chi connectivity index (χ3v) is 7.65. The highest BCUT2D eigenvalue weighted by molar-refractivity contribution is 7.89. The summed E-state index contributed by atoms with van der Waals surface area (Å²) in [4.78, 5) is 0.322. The number of hydrogen-bond donors (Lipinski definition) is 1. The van der Waals surface area contributed by atoms with E-state index in [2.05, 4.69) is 30.9 Å². The maximum atomic E-state index is 12.5. The molecule has 0 aliphatic heterocycles. The Hall–Kier alpha value is -0.913. The van der Waals surface area contributed by atoms with E-state index in [0.29, 0.717) is 4.90 Å². The molecule has 5 heteroatoms. The first kappa shape index (κ1) is 17.1. The summed E-state index contributed by atoms with van der Waals surface area (Å²) < 4.78 is 27.9. The van der Waals surface area contributed by atoms with Gasteiger partial charge in [0.05, 0.1) is 13.0 Å². The van der Waals surface area contributed by atoms with E-state index in [1.807, 2.05) is 32.1 Å². The van der Waals surface area contributed by atoms with Crippen LogP contribution in [0.1, 0.15) is 12.5 Å². The first-order chi connectivity index (χ1) is 9.08. The molecule has 0 amide bonds. The molecule has 0 heterocycles. The Morgan fingerprint density at radius 3 is 2.10 bits per heavy atom. The van der Waals surface area contributed by atoms with Crippen molar-refractivity contribution >= 4 is 18.1 Å². The second-order valence-corrected chi connectivity index (χ2v) is 13.4. The Bertz CT molecular complexity index is 559. The van der Waals surface area contributed by atoms with Gasteiger partial charge in [-0.15, -0.1) is 6.58 Å². The third-order valence-electron chi connectivity index (χ3n) is 3.44. The van der Waals surface area contributed by atoms with Crippen LogP contribution in [-0.2, 0) is 10.0 Å².